The van der Waals surface area contributed by atoms with Crippen LogP contribution in [0, 0.1) is 0 Å². The molecule has 3 rings (SSSR count). The van der Waals surface area contributed by atoms with E-state index in [0.29, 0.717) is 22.3 Å². The van der Waals surface area contributed by atoms with Crippen LogP contribution in [0.1, 0.15) is 25.7 Å². The lowest BCUT2D eigenvalue weighted by Gasteiger charge is -2.31. The van der Waals surface area contributed by atoms with Crippen molar-refractivity contribution in [1.29, 1.82) is 0 Å². The summed E-state index contributed by atoms with van der Waals surface area (Å²) in [6.07, 6.45) is 4.11. The van der Waals surface area contributed by atoms with Crippen LogP contribution >= 0.6 is 24.4 Å². The molecule has 1 aliphatic rings. The van der Waals surface area contributed by atoms with Crippen LogP contribution in [-0.4, -0.2) is 36.5 Å². The zero-order chi connectivity index (χ0) is 21.3. The summed E-state index contributed by atoms with van der Waals surface area (Å²) in [5.74, 6) is 1.60. The van der Waals surface area contributed by atoms with Crippen LogP contribution < -0.4 is 30.7 Å². The van der Waals surface area contributed by atoms with Gasteiger partial charge in [0.2, 0.25) is 0 Å². The number of benzene rings is 2. The highest BCUT2D eigenvalue weighted by Crippen LogP contribution is 2.21. The lowest BCUT2D eigenvalue weighted by molar-refractivity contribution is 0.356. The Kier molecular flexibility index (Phi) is 8.10. The highest BCUT2D eigenvalue weighted by molar-refractivity contribution is 7.80. The molecule has 6 nitrogen and oxygen atoms in total. The van der Waals surface area contributed by atoms with Gasteiger partial charge in [0.15, 0.2) is 10.2 Å². The van der Waals surface area contributed by atoms with Crippen molar-refractivity contribution in [1.82, 2.24) is 10.6 Å². The van der Waals surface area contributed by atoms with Crippen LogP contribution in [0.4, 0.5) is 11.4 Å². The molecule has 160 valence electrons. The zero-order valence-corrected chi connectivity index (χ0v) is 18.9. The van der Waals surface area contributed by atoms with Gasteiger partial charge < -0.3 is 30.7 Å². The Balaban J connectivity index is 1.39. The van der Waals surface area contributed by atoms with E-state index in [2.05, 4.69) is 21.3 Å². The first-order valence-corrected chi connectivity index (χ1v) is 10.8. The van der Waals surface area contributed by atoms with Gasteiger partial charge in [-0.05, 0) is 74.4 Å². The first-order chi connectivity index (χ1) is 14.6. The molecule has 0 heterocycles. The van der Waals surface area contributed by atoms with E-state index >= 15 is 0 Å². The summed E-state index contributed by atoms with van der Waals surface area (Å²) in [7, 11) is 3.31. The number of hydrogen-bond donors (Lipinski definition) is 4. The van der Waals surface area contributed by atoms with Crippen LogP contribution in [0.5, 0.6) is 11.5 Å². The number of ether oxygens (including phenoxy) is 2. The van der Waals surface area contributed by atoms with E-state index in [1.165, 1.54) is 0 Å². The second kappa shape index (κ2) is 11.0. The molecule has 0 bridgehead atoms. The van der Waals surface area contributed by atoms with Crippen molar-refractivity contribution in [2.24, 2.45) is 0 Å². The topological polar surface area (TPSA) is 66.6 Å². The van der Waals surface area contributed by atoms with E-state index in [0.717, 1.165) is 48.6 Å². The molecule has 30 heavy (non-hydrogen) atoms. The molecule has 0 radical (unpaired) electrons. The van der Waals surface area contributed by atoms with Crippen LogP contribution in [0.15, 0.2) is 48.5 Å². The highest BCUT2D eigenvalue weighted by Gasteiger charge is 2.22. The molecule has 0 amide bonds. The molecular formula is C22H28N4O2S2. The van der Waals surface area contributed by atoms with Gasteiger partial charge in [-0.15, -0.1) is 0 Å². The molecule has 4 N–H and O–H groups in total. The maximum absolute atomic E-state index is 5.47. The maximum atomic E-state index is 5.47. The SMILES string of the molecule is COc1cccc(NC(=S)NC2CCC(NC(=S)Nc3cccc(OC)c3)CC2)c1. The van der Waals surface area contributed by atoms with E-state index in [-0.39, 0.29) is 0 Å². The molecule has 0 spiro atoms. The number of methoxy groups -OCH3 is 2. The summed E-state index contributed by atoms with van der Waals surface area (Å²) in [5.41, 5.74) is 1.83. The van der Waals surface area contributed by atoms with Gasteiger partial charge in [-0.1, -0.05) is 12.1 Å². The standard InChI is InChI=1S/C22H28N4O2S2/c1-27-19-7-3-5-17(13-19)25-21(29)23-15-9-11-16(12-10-15)24-22(30)26-18-6-4-8-20(14-18)28-2/h3-8,13-16H,9-12H2,1-2H3,(H2,23,25,29)(H2,24,26,30). The van der Waals surface area contributed by atoms with E-state index in [1.807, 2.05) is 48.5 Å². The monoisotopic (exact) mass is 444 g/mol. The fourth-order valence-corrected chi connectivity index (χ4v) is 4.06. The van der Waals surface area contributed by atoms with Gasteiger partial charge in [-0.2, -0.15) is 0 Å². The fourth-order valence-electron chi connectivity index (χ4n) is 3.49. The van der Waals surface area contributed by atoms with Crippen molar-refractivity contribution in [3.63, 3.8) is 0 Å². The van der Waals surface area contributed by atoms with Crippen LogP contribution in [0.2, 0.25) is 0 Å². The number of nitrogens with one attached hydrogen (secondary N) is 4. The molecule has 1 aliphatic carbocycles. The number of thiocarbonyl (C=S) groups is 2. The Morgan fingerprint density at radius 2 is 1.13 bits per heavy atom. The Hall–Kier alpha value is -2.58. The molecule has 0 aromatic heterocycles. The second-order valence-corrected chi connectivity index (χ2v) is 8.03. The Morgan fingerprint density at radius 3 is 1.50 bits per heavy atom. The summed E-state index contributed by atoms with van der Waals surface area (Å²) in [5, 5.41) is 14.6. The van der Waals surface area contributed by atoms with Crippen molar-refractivity contribution < 1.29 is 9.47 Å². The summed E-state index contributed by atoms with van der Waals surface area (Å²) in [4.78, 5) is 0. The highest BCUT2D eigenvalue weighted by atomic mass is 32.1. The Morgan fingerprint density at radius 1 is 0.733 bits per heavy atom. The van der Waals surface area contributed by atoms with Crippen LogP contribution in [-0.2, 0) is 0 Å². The quantitative estimate of drug-likeness (QED) is 0.492. The average Bonchev–Trinajstić information content (AvgIpc) is 2.75. The third-order valence-corrected chi connectivity index (χ3v) is 5.49. The lowest BCUT2D eigenvalue weighted by Crippen LogP contribution is -2.45. The Bertz CT molecular complexity index is 798. The average molecular weight is 445 g/mol. The van der Waals surface area contributed by atoms with E-state index in [4.69, 9.17) is 33.9 Å². The minimum absolute atomic E-state index is 0.355. The van der Waals surface area contributed by atoms with Gasteiger partial charge in [0.1, 0.15) is 11.5 Å². The normalized spacial score (nSPS) is 18.1. The van der Waals surface area contributed by atoms with Crippen LogP contribution in [0.25, 0.3) is 0 Å². The molecule has 0 saturated heterocycles. The summed E-state index contributed by atoms with van der Waals surface area (Å²) < 4.78 is 10.5. The van der Waals surface area contributed by atoms with Gasteiger partial charge >= 0.3 is 0 Å². The fraction of sp³-hybridized carbons (Fsp3) is 0.364. The third kappa shape index (κ3) is 6.74. The van der Waals surface area contributed by atoms with Crippen molar-refractivity contribution in [2.75, 3.05) is 24.9 Å². The Labute approximate surface area is 188 Å². The van der Waals surface area contributed by atoms with E-state index in [1.54, 1.807) is 14.2 Å². The molecule has 1 fully saturated rings. The minimum Gasteiger partial charge on any atom is -0.497 e. The van der Waals surface area contributed by atoms with E-state index in [9.17, 15) is 0 Å². The molecule has 0 aliphatic heterocycles. The van der Waals surface area contributed by atoms with Gasteiger partial charge in [0.05, 0.1) is 14.2 Å². The lowest BCUT2D eigenvalue weighted by atomic mass is 9.91. The van der Waals surface area contributed by atoms with Gasteiger partial charge in [0, 0.05) is 35.6 Å². The first-order valence-electron chi connectivity index (χ1n) is 9.99. The first kappa shape index (κ1) is 22.1. The van der Waals surface area contributed by atoms with Gasteiger partial charge in [0.25, 0.3) is 0 Å². The molecule has 8 heteroatoms. The van der Waals surface area contributed by atoms with Crippen molar-refractivity contribution in [2.45, 2.75) is 37.8 Å². The van der Waals surface area contributed by atoms with Crippen molar-refractivity contribution in [3.8, 4) is 11.5 Å². The predicted octanol–water partition coefficient (Wildman–Crippen LogP) is 4.29. The van der Waals surface area contributed by atoms with Crippen molar-refractivity contribution >= 4 is 46.0 Å². The second-order valence-electron chi connectivity index (χ2n) is 7.21. The maximum Gasteiger partial charge on any atom is 0.170 e. The number of rotatable bonds is 6. The molecule has 0 unspecified atom stereocenters. The number of hydrogen-bond acceptors (Lipinski definition) is 4. The largest absolute Gasteiger partial charge is 0.497 e. The predicted molar refractivity (Wildman–Crippen MR) is 131 cm³/mol. The van der Waals surface area contributed by atoms with E-state index < -0.39 is 0 Å². The molecule has 0 atom stereocenters. The summed E-state index contributed by atoms with van der Waals surface area (Å²) >= 11 is 10.9. The smallest absolute Gasteiger partial charge is 0.170 e. The zero-order valence-electron chi connectivity index (χ0n) is 17.2. The van der Waals surface area contributed by atoms with Gasteiger partial charge in [-0.3, -0.25) is 0 Å². The molecule has 2 aromatic rings. The molecular weight excluding hydrogens is 416 g/mol. The summed E-state index contributed by atoms with van der Waals surface area (Å²) in [6, 6.07) is 16.2. The van der Waals surface area contributed by atoms with Gasteiger partial charge in [-0.25, -0.2) is 0 Å². The number of anilines is 2. The van der Waals surface area contributed by atoms with Crippen molar-refractivity contribution in [3.05, 3.63) is 48.5 Å². The summed E-state index contributed by atoms with van der Waals surface area (Å²) in [6.45, 7) is 0. The molecule has 2 aromatic carbocycles. The van der Waals surface area contributed by atoms with Crippen LogP contribution in [0.3, 0.4) is 0 Å². The minimum atomic E-state index is 0.355. The molecule has 1 saturated carbocycles. The third-order valence-electron chi connectivity index (χ3n) is 5.05.